The second-order valence-electron chi connectivity index (χ2n) is 4.16. The molecule has 5 nitrogen and oxygen atoms in total. The van der Waals surface area contributed by atoms with Crippen LogP contribution in [0.3, 0.4) is 0 Å². The van der Waals surface area contributed by atoms with E-state index >= 15 is 0 Å². The highest BCUT2D eigenvalue weighted by Crippen LogP contribution is 2.13. The molecule has 0 aliphatic rings. The van der Waals surface area contributed by atoms with Gasteiger partial charge in [-0.05, 0) is 5.92 Å². The molecule has 0 aliphatic carbocycles. The smallest absolute Gasteiger partial charge is 0.240 e. The fourth-order valence-corrected chi connectivity index (χ4v) is 1.42. The van der Waals surface area contributed by atoms with Gasteiger partial charge in [0.2, 0.25) is 5.91 Å². The molecule has 0 heterocycles. The van der Waals surface area contributed by atoms with Gasteiger partial charge in [-0.15, -0.1) is 0 Å². The number of rotatable bonds is 8. The lowest BCUT2D eigenvalue weighted by Crippen LogP contribution is -2.41. The van der Waals surface area contributed by atoms with Crippen LogP contribution >= 0.6 is 0 Å². The van der Waals surface area contributed by atoms with Crippen LogP contribution in [-0.4, -0.2) is 51.3 Å². The highest BCUT2D eigenvalue weighted by Gasteiger charge is 2.26. The van der Waals surface area contributed by atoms with Crippen molar-refractivity contribution >= 4 is 5.91 Å². The summed E-state index contributed by atoms with van der Waals surface area (Å²) in [5.41, 5.74) is 0. The Morgan fingerprint density at radius 2 is 1.71 bits per heavy atom. The molecule has 0 aromatic heterocycles. The molecule has 1 atom stereocenters. The average Bonchev–Trinajstić information content (AvgIpc) is 2.29. The summed E-state index contributed by atoms with van der Waals surface area (Å²) in [7, 11) is 3.17. The summed E-state index contributed by atoms with van der Waals surface area (Å²) in [6, 6.07) is 2.06. The molecule has 0 bridgehead atoms. The van der Waals surface area contributed by atoms with Gasteiger partial charge >= 0.3 is 0 Å². The third-order valence-electron chi connectivity index (χ3n) is 2.51. The first kappa shape index (κ1) is 15.9. The molecular weight excluding hydrogens is 220 g/mol. The van der Waals surface area contributed by atoms with E-state index in [-0.39, 0.29) is 11.8 Å². The molecule has 17 heavy (non-hydrogen) atoms. The van der Waals surface area contributed by atoms with Gasteiger partial charge in [-0.25, -0.2) is 0 Å². The molecule has 0 aromatic rings. The van der Waals surface area contributed by atoms with Gasteiger partial charge in [0.1, 0.15) is 5.92 Å². The van der Waals surface area contributed by atoms with Crippen LogP contribution in [0.5, 0.6) is 0 Å². The van der Waals surface area contributed by atoms with E-state index < -0.39 is 5.92 Å². The van der Waals surface area contributed by atoms with Crippen molar-refractivity contribution in [1.29, 1.82) is 5.26 Å². The maximum atomic E-state index is 12.1. The predicted octanol–water partition coefficient (Wildman–Crippen LogP) is 0.904. The Morgan fingerprint density at radius 3 is 2.00 bits per heavy atom. The molecule has 0 N–H and O–H groups in total. The molecular formula is C12H22N2O3. The zero-order chi connectivity index (χ0) is 13.3. The van der Waals surface area contributed by atoms with Crippen molar-refractivity contribution in [3.8, 4) is 6.07 Å². The largest absolute Gasteiger partial charge is 0.383 e. The summed E-state index contributed by atoms with van der Waals surface area (Å²) in [4.78, 5) is 13.7. The Hall–Kier alpha value is -1.12. The Balaban J connectivity index is 4.54. The first-order valence-corrected chi connectivity index (χ1v) is 5.74. The maximum Gasteiger partial charge on any atom is 0.240 e. The standard InChI is InChI=1S/C12H22N2O3/c1-10(2)11(9-13)12(15)14(5-7-16-3)6-8-17-4/h10-11H,5-8H2,1-4H3. The molecule has 0 aliphatic heterocycles. The number of carbonyl (C=O) groups excluding carboxylic acids is 1. The van der Waals surface area contributed by atoms with Gasteiger partial charge in [-0.1, -0.05) is 13.8 Å². The minimum Gasteiger partial charge on any atom is -0.383 e. The summed E-state index contributed by atoms with van der Waals surface area (Å²) in [6.45, 7) is 5.65. The molecule has 0 aromatic carbocycles. The van der Waals surface area contributed by atoms with Crippen molar-refractivity contribution in [2.75, 3.05) is 40.5 Å². The summed E-state index contributed by atoms with van der Waals surface area (Å²) >= 11 is 0. The van der Waals surface area contributed by atoms with Gasteiger partial charge in [-0.2, -0.15) is 5.26 Å². The number of amides is 1. The molecule has 0 radical (unpaired) electrons. The van der Waals surface area contributed by atoms with Gasteiger partial charge < -0.3 is 14.4 Å². The first-order valence-electron chi connectivity index (χ1n) is 5.74. The lowest BCUT2D eigenvalue weighted by atomic mass is 9.96. The monoisotopic (exact) mass is 242 g/mol. The van der Waals surface area contributed by atoms with Crippen LogP contribution < -0.4 is 0 Å². The minimum atomic E-state index is -0.594. The Morgan fingerprint density at radius 1 is 1.24 bits per heavy atom. The van der Waals surface area contributed by atoms with Gasteiger partial charge in [0.25, 0.3) is 0 Å². The van der Waals surface area contributed by atoms with E-state index in [1.54, 1.807) is 19.1 Å². The SMILES string of the molecule is COCCN(CCOC)C(=O)C(C#N)C(C)C. The quantitative estimate of drug-likeness (QED) is 0.634. The van der Waals surface area contributed by atoms with Crippen LogP contribution in [0.15, 0.2) is 0 Å². The number of methoxy groups -OCH3 is 2. The summed E-state index contributed by atoms with van der Waals surface area (Å²) in [5.74, 6) is -0.722. The molecule has 98 valence electrons. The van der Waals surface area contributed by atoms with Crippen molar-refractivity contribution in [2.45, 2.75) is 13.8 Å². The molecule has 1 amide bonds. The normalized spacial score (nSPS) is 12.2. The number of nitriles is 1. The lowest BCUT2D eigenvalue weighted by Gasteiger charge is -2.25. The predicted molar refractivity (Wildman–Crippen MR) is 64.3 cm³/mol. The van der Waals surface area contributed by atoms with E-state index in [9.17, 15) is 4.79 Å². The van der Waals surface area contributed by atoms with Crippen LogP contribution in [0.25, 0.3) is 0 Å². The zero-order valence-electron chi connectivity index (χ0n) is 11.1. The Labute approximate surface area is 103 Å². The van der Waals surface area contributed by atoms with Crippen molar-refractivity contribution in [1.82, 2.24) is 4.90 Å². The van der Waals surface area contributed by atoms with Gasteiger partial charge in [0, 0.05) is 27.3 Å². The van der Waals surface area contributed by atoms with Crippen LogP contribution in [0.2, 0.25) is 0 Å². The molecule has 5 heteroatoms. The summed E-state index contributed by atoms with van der Waals surface area (Å²) < 4.78 is 9.92. The van der Waals surface area contributed by atoms with Gasteiger partial charge in [-0.3, -0.25) is 4.79 Å². The van der Waals surface area contributed by atoms with E-state index in [4.69, 9.17) is 14.7 Å². The van der Waals surface area contributed by atoms with E-state index in [0.717, 1.165) is 0 Å². The van der Waals surface area contributed by atoms with Crippen molar-refractivity contribution < 1.29 is 14.3 Å². The first-order chi connectivity index (χ1) is 8.08. The maximum absolute atomic E-state index is 12.1. The number of hydrogen-bond acceptors (Lipinski definition) is 4. The molecule has 0 saturated carbocycles. The topological polar surface area (TPSA) is 62.6 Å². The third kappa shape index (κ3) is 5.66. The molecule has 1 unspecified atom stereocenters. The van der Waals surface area contributed by atoms with Crippen molar-refractivity contribution in [2.24, 2.45) is 11.8 Å². The molecule has 0 spiro atoms. The fraction of sp³-hybridized carbons (Fsp3) is 0.833. The summed E-state index contributed by atoms with van der Waals surface area (Å²) in [5, 5.41) is 9.01. The van der Waals surface area contributed by atoms with Crippen LogP contribution in [0.4, 0.5) is 0 Å². The number of nitrogens with zero attached hydrogens (tertiary/aromatic N) is 2. The average molecular weight is 242 g/mol. The minimum absolute atomic E-state index is 0.0140. The number of hydrogen-bond donors (Lipinski definition) is 0. The Kier molecular flexibility index (Phi) is 8.38. The summed E-state index contributed by atoms with van der Waals surface area (Å²) in [6.07, 6.45) is 0. The Bertz CT molecular complexity index is 253. The van der Waals surface area contributed by atoms with Crippen LogP contribution in [0.1, 0.15) is 13.8 Å². The van der Waals surface area contributed by atoms with Gasteiger partial charge in [0.05, 0.1) is 19.3 Å². The second-order valence-corrected chi connectivity index (χ2v) is 4.16. The highest BCUT2D eigenvalue weighted by atomic mass is 16.5. The highest BCUT2D eigenvalue weighted by molar-refractivity contribution is 5.81. The van der Waals surface area contributed by atoms with Gasteiger partial charge in [0.15, 0.2) is 0 Å². The van der Waals surface area contributed by atoms with E-state index in [0.29, 0.717) is 26.3 Å². The van der Waals surface area contributed by atoms with Crippen LogP contribution in [0, 0.1) is 23.2 Å². The van der Waals surface area contributed by atoms with E-state index in [1.807, 2.05) is 13.8 Å². The lowest BCUT2D eigenvalue weighted by molar-refractivity contribution is -0.136. The number of carbonyl (C=O) groups is 1. The van der Waals surface area contributed by atoms with Crippen molar-refractivity contribution in [3.63, 3.8) is 0 Å². The van der Waals surface area contributed by atoms with Crippen LogP contribution in [-0.2, 0) is 14.3 Å². The molecule has 0 saturated heterocycles. The number of ether oxygens (including phenoxy) is 2. The van der Waals surface area contributed by atoms with E-state index in [2.05, 4.69) is 6.07 Å². The zero-order valence-corrected chi connectivity index (χ0v) is 11.1. The van der Waals surface area contributed by atoms with E-state index in [1.165, 1.54) is 0 Å². The molecule has 0 rings (SSSR count). The third-order valence-corrected chi connectivity index (χ3v) is 2.51. The second kappa shape index (κ2) is 8.97. The molecule has 0 fully saturated rings. The van der Waals surface area contributed by atoms with Crippen molar-refractivity contribution in [3.05, 3.63) is 0 Å². The fourth-order valence-electron chi connectivity index (χ4n) is 1.42.